The van der Waals surface area contributed by atoms with Gasteiger partial charge in [0.15, 0.2) is 0 Å². The van der Waals surface area contributed by atoms with E-state index >= 15 is 0 Å². The summed E-state index contributed by atoms with van der Waals surface area (Å²) >= 11 is 5.21. The van der Waals surface area contributed by atoms with Gasteiger partial charge in [0.05, 0.1) is 8.47 Å². The van der Waals surface area contributed by atoms with E-state index < -0.39 is 0 Å². The quantitative estimate of drug-likeness (QED) is 0.537. The van der Waals surface area contributed by atoms with Gasteiger partial charge in [0.1, 0.15) is 43.9 Å². The average molecular weight is 409 g/mol. The molecule has 2 aliphatic heterocycles. The molecule has 0 amide bonds. The number of nitriles is 4. The summed E-state index contributed by atoms with van der Waals surface area (Å²) in [5, 5.41) is 35.7. The van der Waals surface area contributed by atoms with Gasteiger partial charge in [-0.15, -0.1) is 0 Å². The lowest BCUT2D eigenvalue weighted by Crippen LogP contribution is -1.66. The molecule has 4 nitrogen and oxygen atoms in total. The van der Waals surface area contributed by atoms with Gasteiger partial charge >= 0.3 is 0 Å². The van der Waals surface area contributed by atoms with Crippen molar-refractivity contribution in [2.24, 2.45) is 0 Å². The summed E-state index contributed by atoms with van der Waals surface area (Å²) in [6, 6.07) is 8.08. The fourth-order valence-corrected chi connectivity index (χ4v) is 5.55. The van der Waals surface area contributed by atoms with Crippen LogP contribution in [0.25, 0.3) is 0 Å². The van der Waals surface area contributed by atoms with Crippen molar-refractivity contribution in [3.8, 4) is 24.3 Å². The van der Waals surface area contributed by atoms with Gasteiger partial charge in [-0.25, -0.2) is 0 Å². The van der Waals surface area contributed by atoms with Crippen molar-refractivity contribution in [2.75, 3.05) is 0 Å². The second-order valence-electron chi connectivity index (χ2n) is 4.30. The van der Waals surface area contributed by atoms with Crippen LogP contribution in [0.1, 0.15) is 0 Å². The molecule has 0 aromatic heterocycles. The molecule has 0 aromatic rings. The third-order valence-electron chi connectivity index (χ3n) is 2.65. The van der Waals surface area contributed by atoms with Crippen molar-refractivity contribution >= 4 is 47.0 Å². The van der Waals surface area contributed by atoms with E-state index in [9.17, 15) is 0 Å². The molecule has 0 saturated carbocycles. The zero-order valence-corrected chi connectivity index (χ0v) is 16.3. The van der Waals surface area contributed by atoms with Crippen molar-refractivity contribution in [1.29, 1.82) is 21.0 Å². The lowest BCUT2D eigenvalue weighted by molar-refractivity contribution is 1.50. The van der Waals surface area contributed by atoms with E-state index in [-0.39, 0.29) is 0 Å². The molecule has 0 aromatic carbocycles. The van der Waals surface area contributed by atoms with Crippen LogP contribution in [0.15, 0.2) is 76.7 Å². The maximum Gasteiger partial charge on any atom is 0.115 e. The monoisotopic (exact) mass is 408 g/mol. The van der Waals surface area contributed by atoms with E-state index in [0.29, 0.717) is 19.6 Å². The molecule has 0 radical (unpaired) electrons. The van der Waals surface area contributed by atoms with E-state index in [1.807, 2.05) is 72.9 Å². The van der Waals surface area contributed by atoms with Crippen LogP contribution < -0.4 is 0 Å². The molecule has 0 N–H and O–H groups in total. The van der Waals surface area contributed by atoms with Gasteiger partial charge in [-0.3, -0.25) is 0 Å². The lowest BCUT2D eigenvalue weighted by Gasteiger charge is -1.89. The highest BCUT2D eigenvalue weighted by Crippen LogP contribution is 2.49. The zero-order chi connectivity index (χ0) is 18.8. The number of thioether (sulfide) groups is 4. The van der Waals surface area contributed by atoms with Gasteiger partial charge < -0.3 is 0 Å². The van der Waals surface area contributed by atoms with E-state index in [1.54, 1.807) is 0 Å². The summed E-state index contributed by atoms with van der Waals surface area (Å²) in [7, 11) is 0. The van der Waals surface area contributed by atoms with Crippen LogP contribution in [-0.4, -0.2) is 0 Å². The van der Waals surface area contributed by atoms with Gasteiger partial charge in [0, 0.05) is 0 Å². The maximum absolute atomic E-state index is 8.91. The van der Waals surface area contributed by atoms with E-state index in [0.717, 1.165) is 8.47 Å². The largest absolute Gasteiger partial charge is 0.192 e. The first-order chi connectivity index (χ1) is 12.7. The fraction of sp³-hybridized carbons (Fsp3) is 0. The first kappa shape index (κ1) is 19.9. The minimum Gasteiger partial charge on any atom is -0.192 e. The predicted octanol–water partition coefficient (Wildman–Crippen LogP) is 5.82. The highest BCUT2D eigenvalue weighted by Gasteiger charge is 2.20. The smallest absolute Gasteiger partial charge is 0.115 e. The van der Waals surface area contributed by atoms with Gasteiger partial charge in [-0.2, -0.15) is 21.0 Å². The highest BCUT2D eigenvalue weighted by molar-refractivity contribution is 8.29. The van der Waals surface area contributed by atoms with Crippen molar-refractivity contribution in [3.05, 3.63) is 76.7 Å². The second kappa shape index (κ2) is 10.5. The van der Waals surface area contributed by atoms with Gasteiger partial charge in [-0.05, 0) is 12.2 Å². The van der Waals surface area contributed by atoms with Gasteiger partial charge in [0.2, 0.25) is 0 Å². The van der Waals surface area contributed by atoms with Crippen molar-refractivity contribution < 1.29 is 0 Å². The molecule has 0 unspecified atom stereocenters. The maximum atomic E-state index is 8.91. The molecule has 2 rings (SSSR count). The Kier molecular flexibility index (Phi) is 8.03. The predicted molar refractivity (Wildman–Crippen MR) is 110 cm³/mol. The van der Waals surface area contributed by atoms with Crippen LogP contribution in [0.2, 0.25) is 0 Å². The van der Waals surface area contributed by atoms with Crippen LogP contribution in [0.4, 0.5) is 0 Å². The molecule has 26 heavy (non-hydrogen) atoms. The third-order valence-corrected chi connectivity index (χ3v) is 7.26. The Balaban J connectivity index is 1.81. The Labute approximate surface area is 168 Å². The Morgan fingerprint density at radius 2 is 0.731 bits per heavy atom. The Hall–Kier alpha value is -2.46. The van der Waals surface area contributed by atoms with E-state index in [1.165, 1.54) is 47.0 Å². The molecule has 0 atom stereocenters. The number of hydrogen-bond acceptors (Lipinski definition) is 8. The van der Waals surface area contributed by atoms with E-state index in [2.05, 4.69) is 0 Å². The first-order valence-electron chi connectivity index (χ1n) is 6.94. The molecule has 0 bridgehead atoms. The van der Waals surface area contributed by atoms with Crippen LogP contribution >= 0.6 is 47.0 Å². The average Bonchev–Trinajstić information content (AvgIpc) is 3.26. The summed E-state index contributed by atoms with van der Waals surface area (Å²) in [4.78, 5) is 1.78. The molecule has 0 spiro atoms. The summed E-state index contributed by atoms with van der Waals surface area (Å²) in [6.07, 6.45) is 14.8. The SMILES string of the molecule is N#CC1=C(C#N)SC(=C/C=C/C=C/C=C/C=C2SC(C#N)=C(C#N)S2)S1. The fourth-order valence-electron chi connectivity index (χ4n) is 1.58. The molecular weight excluding hydrogens is 400 g/mol. The van der Waals surface area contributed by atoms with Crippen LogP contribution in [0, 0.1) is 45.3 Å². The lowest BCUT2D eigenvalue weighted by atomic mass is 10.4. The molecule has 8 heteroatoms. The molecule has 0 fully saturated rings. The standard InChI is InChI=1S/C18H8N4S4/c19-9-13-14(10-20)24-17(23-13)7-5-3-1-2-4-6-8-18-25-15(11-21)16(12-22)26-18/h1-8H/b2-1+,5-3+,6-4+. The Bertz CT molecular complexity index is 844. The molecule has 0 aliphatic carbocycles. The number of rotatable bonds is 4. The first-order valence-corrected chi connectivity index (χ1v) is 10.2. The zero-order valence-electron chi connectivity index (χ0n) is 13.0. The summed E-state index contributed by atoms with van der Waals surface area (Å²) in [6.45, 7) is 0. The van der Waals surface area contributed by atoms with Crippen molar-refractivity contribution in [3.63, 3.8) is 0 Å². The molecule has 2 heterocycles. The summed E-state index contributed by atoms with van der Waals surface area (Å²) in [5.41, 5.74) is 0. The molecule has 124 valence electrons. The van der Waals surface area contributed by atoms with Crippen LogP contribution in [0.5, 0.6) is 0 Å². The second-order valence-corrected chi connectivity index (χ2v) is 9.02. The van der Waals surface area contributed by atoms with Gasteiger partial charge in [0.25, 0.3) is 0 Å². The summed E-state index contributed by atoms with van der Waals surface area (Å²) < 4.78 is 1.79. The third kappa shape index (κ3) is 5.53. The molecular formula is C18H8N4S4. The van der Waals surface area contributed by atoms with Crippen LogP contribution in [0.3, 0.4) is 0 Å². The topological polar surface area (TPSA) is 95.2 Å². The number of nitrogens with zero attached hydrogens (tertiary/aromatic N) is 4. The summed E-state index contributed by atoms with van der Waals surface area (Å²) in [5.74, 6) is 0. The van der Waals surface area contributed by atoms with Gasteiger partial charge in [-0.1, -0.05) is 83.5 Å². The van der Waals surface area contributed by atoms with E-state index in [4.69, 9.17) is 21.0 Å². The van der Waals surface area contributed by atoms with Crippen molar-refractivity contribution in [2.45, 2.75) is 0 Å². The number of allylic oxidation sites excluding steroid dienone is 12. The Morgan fingerprint density at radius 1 is 0.462 bits per heavy atom. The number of hydrogen-bond donors (Lipinski definition) is 0. The van der Waals surface area contributed by atoms with Crippen molar-refractivity contribution in [1.82, 2.24) is 0 Å². The molecule has 2 aliphatic rings. The minimum absolute atomic E-state index is 0.444. The highest BCUT2D eigenvalue weighted by atomic mass is 32.2. The Morgan fingerprint density at radius 3 is 1.00 bits per heavy atom. The minimum atomic E-state index is 0.444. The van der Waals surface area contributed by atoms with Crippen LogP contribution in [-0.2, 0) is 0 Å². The normalized spacial score (nSPS) is 17.1. The molecule has 0 saturated heterocycles.